The Labute approximate surface area is 130 Å². The molecule has 0 aliphatic heterocycles. The van der Waals surface area contributed by atoms with Crippen LogP contribution in [0.2, 0.25) is 10.0 Å². The first kappa shape index (κ1) is 16.8. The summed E-state index contributed by atoms with van der Waals surface area (Å²) in [4.78, 5) is 22.4. The average molecular weight is 329 g/mol. The number of carboxylic acid groups (broad SMARTS) is 1. The van der Waals surface area contributed by atoms with E-state index in [1.165, 1.54) is 12.1 Å². The summed E-state index contributed by atoms with van der Waals surface area (Å²) in [6.07, 6.45) is 1.07. The van der Waals surface area contributed by atoms with Gasteiger partial charge in [-0.05, 0) is 19.1 Å². The Hall–Kier alpha value is -2.23. The molecule has 0 spiro atoms. The molecule has 2 N–H and O–H groups in total. The third-order valence-corrected chi connectivity index (χ3v) is 2.88. The maximum absolute atomic E-state index is 11.4. The lowest BCUT2D eigenvalue weighted by Gasteiger charge is -2.08. The molecule has 1 rings (SSSR count). The lowest BCUT2D eigenvalue weighted by molar-refractivity contribution is -0.138. The van der Waals surface area contributed by atoms with Crippen LogP contribution in [0.25, 0.3) is 0 Å². The highest BCUT2D eigenvalue weighted by Gasteiger charge is 2.15. The number of hydrogen-bond acceptors (Lipinski definition) is 5. The van der Waals surface area contributed by atoms with Crippen LogP contribution >= 0.6 is 23.2 Å². The van der Waals surface area contributed by atoms with Crippen LogP contribution in [0.15, 0.2) is 23.9 Å². The molecule has 0 unspecified atom stereocenters. The molecule has 8 heteroatoms. The van der Waals surface area contributed by atoms with Crippen LogP contribution in [0.4, 0.5) is 5.69 Å². The molecule has 0 radical (unpaired) electrons. The van der Waals surface area contributed by atoms with Crippen molar-refractivity contribution in [2.45, 2.75) is 6.92 Å². The molecule has 0 fully saturated rings. The van der Waals surface area contributed by atoms with Crippen LogP contribution < -0.4 is 5.32 Å². The largest absolute Gasteiger partial charge is 0.478 e. The van der Waals surface area contributed by atoms with Gasteiger partial charge >= 0.3 is 11.9 Å². The molecule has 0 saturated heterocycles. The van der Waals surface area contributed by atoms with E-state index in [4.69, 9.17) is 33.6 Å². The maximum atomic E-state index is 11.4. The molecule has 0 amide bonds. The van der Waals surface area contributed by atoms with Crippen molar-refractivity contribution in [1.29, 1.82) is 5.26 Å². The average Bonchev–Trinajstić information content (AvgIpc) is 2.42. The Morgan fingerprint density at radius 3 is 2.67 bits per heavy atom. The van der Waals surface area contributed by atoms with E-state index in [1.54, 1.807) is 13.0 Å². The highest BCUT2D eigenvalue weighted by atomic mass is 35.5. The molecule has 0 saturated carbocycles. The number of nitrogens with zero attached hydrogens (tertiary/aromatic N) is 1. The van der Waals surface area contributed by atoms with Crippen LogP contribution in [0.3, 0.4) is 0 Å². The van der Waals surface area contributed by atoms with E-state index in [0.29, 0.717) is 0 Å². The number of carbonyl (C=O) groups excluding carboxylic acids is 1. The molecule has 0 aromatic heterocycles. The number of ether oxygens (including phenoxy) is 1. The Kier molecular flexibility index (Phi) is 6.03. The summed E-state index contributed by atoms with van der Waals surface area (Å²) in [6.45, 7) is 1.73. The van der Waals surface area contributed by atoms with Crippen LogP contribution in [-0.4, -0.2) is 23.7 Å². The third-order valence-electron chi connectivity index (χ3n) is 2.26. The molecule has 0 heterocycles. The first-order valence-corrected chi connectivity index (χ1v) is 6.42. The van der Waals surface area contributed by atoms with Crippen LogP contribution in [0.1, 0.15) is 17.3 Å². The first-order valence-electron chi connectivity index (χ1n) is 5.67. The van der Waals surface area contributed by atoms with Gasteiger partial charge in [-0.15, -0.1) is 0 Å². The topological polar surface area (TPSA) is 99.4 Å². The monoisotopic (exact) mass is 328 g/mol. The molecular weight excluding hydrogens is 319 g/mol. The Morgan fingerprint density at radius 1 is 1.48 bits per heavy atom. The molecular formula is C13H10Cl2N2O4. The second-order valence-electron chi connectivity index (χ2n) is 3.65. The predicted octanol–water partition coefficient (Wildman–Crippen LogP) is 3.07. The summed E-state index contributed by atoms with van der Waals surface area (Å²) in [5.74, 6) is -2.05. The van der Waals surface area contributed by atoms with Gasteiger partial charge in [-0.1, -0.05) is 23.2 Å². The highest BCUT2D eigenvalue weighted by Crippen LogP contribution is 2.30. The number of carboxylic acids is 1. The lowest BCUT2D eigenvalue weighted by Crippen LogP contribution is -2.08. The first-order chi connectivity index (χ1) is 9.90. The van der Waals surface area contributed by atoms with Gasteiger partial charge in [0.15, 0.2) is 5.57 Å². The quantitative estimate of drug-likeness (QED) is 0.489. The number of rotatable bonds is 5. The number of carbonyl (C=O) groups is 2. The molecule has 0 aliphatic carbocycles. The van der Waals surface area contributed by atoms with Crippen molar-refractivity contribution in [3.8, 4) is 6.07 Å². The smallest absolute Gasteiger partial charge is 0.350 e. The molecule has 110 valence electrons. The van der Waals surface area contributed by atoms with Crippen LogP contribution in [-0.2, 0) is 9.53 Å². The number of aromatic carboxylic acids is 1. The lowest BCUT2D eigenvalue weighted by atomic mass is 10.2. The molecule has 0 aliphatic rings. The highest BCUT2D eigenvalue weighted by molar-refractivity contribution is 6.38. The van der Waals surface area contributed by atoms with E-state index in [1.807, 2.05) is 0 Å². The van der Waals surface area contributed by atoms with Crippen molar-refractivity contribution in [2.75, 3.05) is 11.9 Å². The third kappa shape index (κ3) is 4.38. The number of nitrogens with one attached hydrogen (secondary N) is 1. The number of halogens is 2. The Morgan fingerprint density at radius 2 is 2.14 bits per heavy atom. The zero-order valence-electron chi connectivity index (χ0n) is 10.8. The van der Waals surface area contributed by atoms with Gasteiger partial charge in [-0.3, -0.25) is 0 Å². The van der Waals surface area contributed by atoms with Gasteiger partial charge in [0.1, 0.15) is 6.07 Å². The maximum Gasteiger partial charge on any atom is 0.350 e. The van der Waals surface area contributed by atoms with E-state index < -0.39 is 11.9 Å². The van der Waals surface area contributed by atoms with Crippen molar-refractivity contribution >= 4 is 40.8 Å². The molecule has 1 aromatic carbocycles. The number of nitriles is 1. The number of esters is 1. The molecule has 6 nitrogen and oxygen atoms in total. The summed E-state index contributed by atoms with van der Waals surface area (Å²) >= 11 is 11.7. The van der Waals surface area contributed by atoms with E-state index >= 15 is 0 Å². The van der Waals surface area contributed by atoms with Crippen molar-refractivity contribution < 1.29 is 19.4 Å². The van der Waals surface area contributed by atoms with Gasteiger partial charge in [0.2, 0.25) is 0 Å². The van der Waals surface area contributed by atoms with Crippen LogP contribution in [0.5, 0.6) is 0 Å². The van der Waals surface area contributed by atoms with Crippen molar-refractivity contribution in [2.24, 2.45) is 0 Å². The fourth-order valence-corrected chi connectivity index (χ4v) is 1.81. The minimum atomic E-state index is -1.25. The zero-order valence-corrected chi connectivity index (χ0v) is 12.3. The van der Waals surface area contributed by atoms with Gasteiger partial charge in [0.25, 0.3) is 0 Å². The minimum absolute atomic E-state index is 0.0932. The second-order valence-corrected chi connectivity index (χ2v) is 4.47. The van der Waals surface area contributed by atoms with Crippen LogP contribution in [0, 0.1) is 11.3 Å². The summed E-state index contributed by atoms with van der Waals surface area (Å²) in [5, 5.41) is 20.5. The minimum Gasteiger partial charge on any atom is -0.478 e. The fraction of sp³-hybridized carbons (Fsp3) is 0.154. The number of hydrogen-bond donors (Lipinski definition) is 2. The van der Waals surface area contributed by atoms with Gasteiger partial charge < -0.3 is 15.2 Å². The molecule has 0 atom stereocenters. The van der Waals surface area contributed by atoms with Gasteiger partial charge in [0, 0.05) is 11.2 Å². The number of anilines is 1. The second kappa shape index (κ2) is 7.53. The van der Waals surface area contributed by atoms with E-state index in [-0.39, 0.29) is 33.5 Å². The van der Waals surface area contributed by atoms with E-state index in [9.17, 15) is 9.59 Å². The zero-order chi connectivity index (χ0) is 16.0. The predicted molar refractivity (Wildman–Crippen MR) is 77.4 cm³/mol. The van der Waals surface area contributed by atoms with Gasteiger partial charge in [0.05, 0.1) is 22.9 Å². The summed E-state index contributed by atoms with van der Waals surface area (Å²) < 4.78 is 4.68. The normalized spacial score (nSPS) is 10.7. The van der Waals surface area contributed by atoms with Crippen molar-refractivity contribution in [1.82, 2.24) is 0 Å². The standard InChI is InChI=1S/C13H10Cl2N2O4/c1-2-21-13(20)7(5-16)6-17-10-4-8(14)3-9(11(10)15)12(18)19/h3-4,6,17H,2H2,1H3,(H,18,19). The Bertz CT molecular complexity index is 650. The molecule has 21 heavy (non-hydrogen) atoms. The fourth-order valence-electron chi connectivity index (χ4n) is 1.35. The summed E-state index contributed by atoms with van der Waals surface area (Å²) in [5.41, 5.74) is -0.335. The van der Waals surface area contributed by atoms with Crippen molar-refractivity contribution in [3.05, 3.63) is 39.5 Å². The molecule has 0 bridgehead atoms. The van der Waals surface area contributed by atoms with Gasteiger partial charge in [-0.25, -0.2) is 9.59 Å². The van der Waals surface area contributed by atoms with E-state index in [2.05, 4.69) is 10.1 Å². The van der Waals surface area contributed by atoms with E-state index in [0.717, 1.165) is 6.20 Å². The molecule has 1 aromatic rings. The summed E-state index contributed by atoms with van der Waals surface area (Å²) in [6, 6.07) is 4.22. The number of benzene rings is 1. The Balaban J connectivity index is 3.11. The van der Waals surface area contributed by atoms with Gasteiger partial charge in [-0.2, -0.15) is 5.26 Å². The van der Waals surface area contributed by atoms with Crippen molar-refractivity contribution in [3.63, 3.8) is 0 Å². The summed E-state index contributed by atoms with van der Waals surface area (Å²) in [7, 11) is 0. The SMILES string of the molecule is CCOC(=O)C(C#N)=CNc1cc(Cl)cc(C(=O)O)c1Cl.